The maximum Gasteiger partial charge on any atom is 0.269 e. The molecule has 1 heterocycles. The van der Waals surface area contributed by atoms with E-state index >= 15 is 0 Å². The molecule has 0 spiro atoms. The van der Waals surface area contributed by atoms with Crippen LogP contribution in [0.3, 0.4) is 0 Å². The minimum Gasteiger partial charge on any atom is -0.391 e. The molecule has 0 saturated heterocycles. The van der Waals surface area contributed by atoms with E-state index in [1.807, 2.05) is 32.0 Å². The summed E-state index contributed by atoms with van der Waals surface area (Å²) < 4.78 is 0. The van der Waals surface area contributed by atoms with Gasteiger partial charge in [0.2, 0.25) is 0 Å². The molecule has 112 valence electrons. The van der Waals surface area contributed by atoms with Gasteiger partial charge >= 0.3 is 0 Å². The SMILES string of the molecule is CC(C)C(O)CNC(=O)c1cc(-c2ccccc2Cl)n[nH]1. The maximum atomic E-state index is 12.0. The number of aliphatic hydroxyl groups is 1. The number of carbonyl (C=O) groups is 1. The molecule has 0 radical (unpaired) electrons. The van der Waals surface area contributed by atoms with Gasteiger partial charge in [0.25, 0.3) is 5.91 Å². The first-order chi connectivity index (χ1) is 9.99. The summed E-state index contributed by atoms with van der Waals surface area (Å²) in [6.07, 6.45) is -0.570. The third-order valence-electron chi connectivity index (χ3n) is 3.21. The predicted octanol–water partition coefficient (Wildman–Crippen LogP) is 2.48. The van der Waals surface area contributed by atoms with Crippen molar-refractivity contribution in [1.29, 1.82) is 0 Å². The number of aromatic nitrogens is 2. The van der Waals surface area contributed by atoms with E-state index in [-0.39, 0.29) is 18.4 Å². The summed E-state index contributed by atoms with van der Waals surface area (Å²) in [5.41, 5.74) is 1.70. The number of aromatic amines is 1. The predicted molar refractivity (Wildman–Crippen MR) is 82.2 cm³/mol. The molecule has 0 aliphatic carbocycles. The van der Waals surface area contributed by atoms with Crippen LogP contribution in [0.5, 0.6) is 0 Å². The van der Waals surface area contributed by atoms with E-state index < -0.39 is 6.10 Å². The molecule has 0 fully saturated rings. The third kappa shape index (κ3) is 3.83. The van der Waals surface area contributed by atoms with E-state index in [2.05, 4.69) is 15.5 Å². The van der Waals surface area contributed by atoms with Gasteiger partial charge in [-0.2, -0.15) is 5.10 Å². The topological polar surface area (TPSA) is 78.0 Å². The van der Waals surface area contributed by atoms with Gasteiger partial charge in [0.1, 0.15) is 5.69 Å². The van der Waals surface area contributed by atoms with Crippen LogP contribution >= 0.6 is 11.6 Å². The number of aliphatic hydroxyl groups excluding tert-OH is 1. The highest BCUT2D eigenvalue weighted by Crippen LogP contribution is 2.26. The van der Waals surface area contributed by atoms with Crippen molar-refractivity contribution in [2.24, 2.45) is 5.92 Å². The van der Waals surface area contributed by atoms with Gasteiger partial charge in [-0.1, -0.05) is 43.6 Å². The monoisotopic (exact) mass is 307 g/mol. The van der Waals surface area contributed by atoms with Crippen molar-refractivity contribution in [1.82, 2.24) is 15.5 Å². The summed E-state index contributed by atoms with van der Waals surface area (Å²) in [5, 5.41) is 19.7. The van der Waals surface area contributed by atoms with E-state index in [0.29, 0.717) is 16.4 Å². The van der Waals surface area contributed by atoms with E-state index in [1.54, 1.807) is 12.1 Å². The fourth-order valence-electron chi connectivity index (χ4n) is 1.77. The van der Waals surface area contributed by atoms with Crippen LogP contribution in [-0.2, 0) is 0 Å². The van der Waals surface area contributed by atoms with Crippen LogP contribution in [0.2, 0.25) is 5.02 Å². The van der Waals surface area contributed by atoms with Crippen LogP contribution in [0.4, 0.5) is 0 Å². The van der Waals surface area contributed by atoms with E-state index in [1.165, 1.54) is 0 Å². The number of nitrogens with one attached hydrogen (secondary N) is 2. The molecule has 0 aliphatic heterocycles. The molecule has 1 aromatic heterocycles. The lowest BCUT2D eigenvalue weighted by molar-refractivity contribution is 0.0867. The Kier molecular flexibility index (Phi) is 4.98. The van der Waals surface area contributed by atoms with Crippen LogP contribution < -0.4 is 5.32 Å². The Balaban J connectivity index is 2.06. The van der Waals surface area contributed by atoms with Crippen molar-refractivity contribution in [2.75, 3.05) is 6.54 Å². The highest BCUT2D eigenvalue weighted by Gasteiger charge is 2.15. The molecular weight excluding hydrogens is 290 g/mol. The molecule has 2 rings (SSSR count). The smallest absolute Gasteiger partial charge is 0.269 e. The molecule has 6 heteroatoms. The normalized spacial score (nSPS) is 12.4. The zero-order valence-corrected chi connectivity index (χ0v) is 12.7. The second kappa shape index (κ2) is 6.74. The average Bonchev–Trinajstić information content (AvgIpc) is 2.94. The molecule has 5 nitrogen and oxygen atoms in total. The summed E-state index contributed by atoms with van der Waals surface area (Å²) in [5.74, 6) is -0.216. The van der Waals surface area contributed by atoms with Gasteiger partial charge in [-0.05, 0) is 18.1 Å². The second-order valence-corrected chi connectivity index (χ2v) is 5.58. The number of H-pyrrole nitrogens is 1. The molecule has 1 aromatic carbocycles. The molecule has 1 unspecified atom stereocenters. The van der Waals surface area contributed by atoms with Crippen LogP contribution in [0.15, 0.2) is 30.3 Å². The van der Waals surface area contributed by atoms with Gasteiger partial charge in [-0.15, -0.1) is 0 Å². The number of hydrogen-bond donors (Lipinski definition) is 3. The van der Waals surface area contributed by atoms with Crippen LogP contribution in [-0.4, -0.2) is 33.9 Å². The Morgan fingerprint density at radius 3 is 2.81 bits per heavy atom. The number of amides is 1. The molecule has 1 amide bonds. The van der Waals surface area contributed by atoms with Crippen LogP contribution in [0, 0.1) is 5.92 Å². The zero-order valence-electron chi connectivity index (χ0n) is 11.9. The number of hydrogen-bond acceptors (Lipinski definition) is 3. The lowest BCUT2D eigenvalue weighted by Crippen LogP contribution is -2.34. The largest absolute Gasteiger partial charge is 0.391 e. The second-order valence-electron chi connectivity index (χ2n) is 5.17. The van der Waals surface area contributed by atoms with Gasteiger partial charge < -0.3 is 10.4 Å². The number of carbonyl (C=O) groups excluding carboxylic acids is 1. The molecule has 2 aromatic rings. The van der Waals surface area contributed by atoms with Crippen molar-refractivity contribution >= 4 is 17.5 Å². The minimum absolute atomic E-state index is 0.0887. The molecule has 0 aliphatic rings. The van der Waals surface area contributed by atoms with Crippen LogP contribution in [0.1, 0.15) is 24.3 Å². The van der Waals surface area contributed by atoms with Gasteiger partial charge in [0.15, 0.2) is 0 Å². The van der Waals surface area contributed by atoms with Crippen LogP contribution in [0.25, 0.3) is 11.3 Å². The summed E-state index contributed by atoms with van der Waals surface area (Å²) in [7, 11) is 0. The lowest BCUT2D eigenvalue weighted by atomic mass is 10.1. The van der Waals surface area contributed by atoms with E-state index in [9.17, 15) is 9.90 Å². The molecule has 0 saturated carbocycles. The Morgan fingerprint density at radius 1 is 1.43 bits per heavy atom. The molecular formula is C15H18ClN3O2. The highest BCUT2D eigenvalue weighted by atomic mass is 35.5. The summed E-state index contributed by atoms with van der Waals surface area (Å²) >= 11 is 6.10. The number of benzene rings is 1. The summed E-state index contributed by atoms with van der Waals surface area (Å²) in [4.78, 5) is 12.0. The minimum atomic E-state index is -0.570. The van der Waals surface area contributed by atoms with Crippen molar-refractivity contribution in [2.45, 2.75) is 20.0 Å². The highest BCUT2D eigenvalue weighted by molar-refractivity contribution is 6.33. The Morgan fingerprint density at radius 2 is 2.14 bits per heavy atom. The fraction of sp³-hybridized carbons (Fsp3) is 0.333. The first kappa shape index (κ1) is 15.5. The lowest BCUT2D eigenvalue weighted by Gasteiger charge is -2.14. The van der Waals surface area contributed by atoms with Gasteiger partial charge in [-0.3, -0.25) is 9.89 Å². The first-order valence-electron chi connectivity index (χ1n) is 6.75. The fourth-order valence-corrected chi connectivity index (χ4v) is 2.01. The van der Waals surface area contributed by atoms with Gasteiger partial charge in [-0.25, -0.2) is 0 Å². The molecule has 21 heavy (non-hydrogen) atoms. The molecule has 0 bridgehead atoms. The number of halogens is 1. The standard InChI is InChI=1S/C15H18ClN3O2/c1-9(2)14(20)8-17-15(21)13-7-12(18-19-13)10-5-3-4-6-11(10)16/h3-7,9,14,20H,8H2,1-2H3,(H,17,21)(H,18,19). The van der Waals surface area contributed by atoms with E-state index in [0.717, 1.165) is 5.56 Å². The Bertz CT molecular complexity index is 625. The zero-order chi connectivity index (χ0) is 15.4. The number of rotatable bonds is 5. The maximum absolute atomic E-state index is 12.0. The number of nitrogens with zero attached hydrogens (tertiary/aromatic N) is 1. The van der Waals surface area contributed by atoms with Crippen molar-refractivity contribution in [3.05, 3.63) is 41.0 Å². The van der Waals surface area contributed by atoms with Crippen molar-refractivity contribution in [3.8, 4) is 11.3 Å². The third-order valence-corrected chi connectivity index (χ3v) is 3.54. The van der Waals surface area contributed by atoms with Gasteiger partial charge in [0, 0.05) is 12.1 Å². The van der Waals surface area contributed by atoms with Crippen molar-refractivity contribution in [3.63, 3.8) is 0 Å². The van der Waals surface area contributed by atoms with Crippen molar-refractivity contribution < 1.29 is 9.90 Å². The molecule has 1 atom stereocenters. The van der Waals surface area contributed by atoms with E-state index in [4.69, 9.17) is 11.6 Å². The summed E-state index contributed by atoms with van der Waals surface area (Å²) in [6.45, 7) is 3.99. The quantitative estimate of drug-likeness (QED) is 0.794. The summed E-state index contributed by atoms with van der Waals surface area (Å²) in [6, 6.07) is 8.93. The Labute approximate surface area is 128 Å². The Hall–Kier alpha value is -1.85. The average molecular weight is 308 g/mol. The molecule has 3 N–H and O–H groups in total. The first-order valence-corrected chi connectivity index (χ1v) is 7.13. The van der Waals surface area contributed by atoms with Gasteiger partial charge in [0.05, 0.1) is 16.8 Å².